The lowest BCUT2D eigenvalue weighted by Crippen LogP contribution is -2.44. The number of nitrogens with zero attached hydrogens (tertiary/aromatic N) is 2. The molecular formula is C25H33N3O4. The number of benzene rings is 2. The largest absolute Gasteiger partial charge is 0.484 e. The first-order chi connectivity index (χ1) is 15.3. The summed E-state index contributed by atoms with van der Waals surface area (Å²) in [6.07, 6.45) is 0.510. The molecule has 1 heterocycles. The average molecular weight is 440 g/mol. The molecule has 1 saturated heterocycles. The van der Waals surface area contributed by atoms with Crippen LogP contribution in [-0.2, 0) is 22.6 Å². The lowest BCUT2D eigenvalue weighted by Gasteiger charge is -2.35. The average Bonchev–Trinajstić information content (AvgIpc) is 2.76. The van der Waals surface area contributed by atoms with Crippen LogP contribution in [0.1, 0.15) is 35.3 Å². The van der Waals surface area contributed by atoms with Gasteiger partial charge in [-0.25, -0.2) is 0 Å². The van der Waals surface area contributed by atoms with Gasteiger partial charge in [-0.3, -0.25) is 14.5 Å². The number of rotatable bonds is 8. The summed E-state index contributed by atoms with van der Waals surface area (Å²) < 4.78 is 11.3. The lowest BCUT2D eigenvalue weighted by molar-refractivity contribution is -0.130. The Morgan fingerprint density at radius 1 is 1.06 bits per heavy atom. The molecule has 1 aliphatic rings. The Kier molecular flexibility index (Phi) is 8.25. The predicted molar refractivity (Wildman–Crippen MR) is 124 cm³/mol. The second-order valence-corrected chi connectivity index (χ2v) is 8.56. The Morgan fingerprint density at radius 2 is 1.72 bits per heavy atom. The Hall–Kier alpha value is -2.90. The van der Waals surface area contributed by atoms with Crippen molar-refractivity contribution in [1.82, 2.24) is 15.1 Å². The molecule has 0 spiro atoms. The third-order valence-electron chi connectivity index (χ3n) is 5.33. The predicted octanol–water partition coefficient (Wildman–Crippen LogP) is 2.69. The van der Waals surface area contributed by atoms with Gasteiger partial charge in [-0.05, 0) is 43.2 Å². The van der Waals surface area contributed by atoms with Crippen molar-refractivity contribution in [3.63, 3.8) is 0 Å². The molecule has 7 heteroatoms. The normalized spacial score (nSPS) is 18.8. The number of ether oxygens (including phenoxy) is 2. The molecule has 0 saturated carbocycles. The molecule has 3 rings (SSSR count). The minimum atomic E-state index is -0.185. The van der Waals surface area contributed by atoms with Gasteiger partial charge in [-0.15, -0.1) is 0 Å². The van der Waals surface area contributed by atoms with Crippen LogP contribution in [0.3, 0.4) is 0 Å². The smallest absolute Gasteiger partial charge is 0.259 e. The van der Waals surface area contributed by atoms with Crippen LogP contribution in [0, 0.1) is 0 Å². The van der Waals surface area contributed by atoms with Gasteiger partial charge in [0, 0.05) is 45.8 Å². The van der Waals surface area contributed by atoms with E-state index < -0.39 is 0 Å². The SMILES string of the molecule is CC1CN(Cc2ccc(CNC(=O)c3cccc(OCC(=O)N(C)C)c3)cc2)CC(C)O1. The second-order valence-electron chi connectivity index (χ2n) is 8.56. The van der Waals surface area contributed by atoms with Crippen LogP contribution in [0.15, 0.2) is 48.5 Å². The molecule has 2 amide bonds. The Labute approximate surface area is 190 Å². The highest BCUT2D eigenvalue weighted by Crippen LogP contribution is 2.16. The van der Waals surface area contributed by atoms with E-state index >= 15 is 0 Å². The summed E-state index contributed by atoms with van der Waals surface area (Å²) in [6, 6.07) is 15.2. The molecule has 1 aliphatic heterocycles. The molecular weight excluding hydrogens is 406 g/mol. The fourth-order valence-electron chi connectivity index (χ4n) is 3.72. The second kappa shape index (κ2) is 11.1. The van der Waals surface area contributed by atoms with Crippen molar-refractivity contribution >= 4 is 11.8 Å². The number of carbonyl (C=O) groups excluding carboxylic acids is 2. The maximum Gasteiger partial charge on any atom is 0.259 e. The molecule has 0 radical (unpaired) electrons. The van der Waals surface area contributed by atoms with E-state index in [2.05, 4.69) is 48.3 Å². The van der Waals surface area contributed by atoms with Crippen LogP contribution in [0.2, 0.25) is 0 Å². The van der Waals surface area contributed by atoms with Gasteiger partial charge in [-0.1, -0.05) is 30.3 Å². The summed E-state index contributed by atoms with van der Waals surface area (Å²) in [5, 5.41) is 2.94. The van der Waals surface area contributed by atoms with E-state index in [0.29, 0.717) is 17.9 Å². The van der Waals surface area contributed by atoms with Crippen molar-refractivity contribution in [2.75, 3.05) is 33.8 Å². The molecule has 2 atom stereocenters. The van der Waals surface area contributed by atoms with Crippen LogP contribution in [0.5, 0.6) is 5.75 Å². The molecule has 1 N–H and O–H groups in total. The number of morpholine rings is 1. The first-order valence-electron chi connectivity index (χ1n) is 11.0. The molecule has 7 nitrogen and oxygen atoms in total. The molecule has 2 aromatic rings. The summed E-state index contributed by atoms with van der Waals surface area (Å²) in [4.78, 5) is 28.1. The summed E-state index contributed by atoms with van der Waals surface area (Å²) in [5.74, 6) is 0.166. The number of hydrogen-bond acceptors (Lipinski definition) is 5. The minimum absolute atomic E-state index is 0.0628. The van der Waals surface area contributed by atoms with Crippen molar-refractivity contribution in [3.8, 4) is 5.75 Å². The van der Waals surface area contributed by atoms with Crippen LogP contribution in [0.4, 0.5) is 0 Å². The van der Waals surface area contributed by atoms with Gasteiger partial charge in [0.2, 0.25) is 0 Å². The third-order valence-corrected chi connectivity index (χ3v) is 5.33. The van der Waals surface area contributed by atoms with Gasteiger partial charge in [0.1, 0.15) is 5.75 Å². The van der Waals surface area contributed by atoms with Crippen molar-refractivity contribution in [3.05, 3.63) is 65.2 Å². The van der Waals surface area contributed by atoms with Gasteiger partial charge in [0.25, 0.3) is 11.8 Å². The van der Waals surface area contributed by atoms with Crippen molar-refractivity contribution in [2.45, 2.75) is 39.1 Å². The molecule has 2 aromatic carbocycles. The first kappa shape index (κ1) is 23.8. The number of amides is 2. The van der Waals surface area contributed by atoms with E-state index in [-0.39, 0.29) is 30.6 Å². The van der Waals surface area contributed by atoms with Gasteiger partial charge in [-0.2, -0.15) is 0 Å². The van der Waals surface area contributed by atoms with Gasteiger partial charge in [0.15, 0.2) is 6.61 Å². The molecule has 1 fully saturated rings. The summed E-state index contributed by atoms with van der Waals surface area (Å²) in [5.41, 5.74) is 2.78. The maximum absolute atomic E-state index is 12.5. The van der Waals surface area contributed by atoms with E-state index in [1.54, 1.807) is 38.4 Å². The van der Waals surface area contributed by atoms with Crippen LogP contribution < -0.4 is 10.1 Å². The van der Waals surface area contributed by atoms with Crippen LogP contribution in [0.25, 0.3) is 0 Å². The number of nitrogens with one attached hydrogen (secondary N) is 1. The number of likely N-dealkylation sites (N-methyl/N-ethyl adjacent to an activating group) is 1. The third kappa shape index (κ3) is 7.07. The van der Waals surface area contributed by atoms with E-state index in [0.717, 1.165) is 25.2 Å². The Balaban J connectivity index is 1.49. The number of carbonyl (C=O) groups is 2. The molecule has 2 unspecified atom stereocenters. The zero-order valence-electron chi connectivity index (χ0n) is 19.3. The van der Waals surface area contributed by atoms with Crippen LogP contribution >= 0.6 is 0 Å². The monoisotopic (exact) mass is 439 g/mol. The van der Waals surface area contributed by atoms with Crippen molar-refractivity contribution in [1.29, 1.82) is 0 Å². The maximum atomic E-state index is 12.5. The minimum Gasteiger partial charge on any atom is -0.484 e. The van der Waals surface area contributed by atoms with Gasteiger partial charge in [0.05, 0.1) is 12.2 Å². The number of hydrogen-bond donors (Lipinski definition) is 1. The van der Waals surface area contributed by atoms with E-state index in [1.807, 2.05) is 0 Å². The molecule has 32 heavy (non-hydrogen) atoms. The highest BCUT2D eigenvalue weighted by Gasteiger charge is 2.21. The summed E-state index contributed by atoms with van der Waals surface area (Å²) >= 11 is 0. The molecule has 0 aromatic heterocycles. The Morgan fingerprint density at radius 3 is 2.38 bits per heavy atom. The zero-order valence-corrected chi connectivity index (χ0v) is 19.3. The quantitative estimate of drug-likeness (QED) is 0.685. The van der Waals surface area contributed by atoms with Gasteiger partial charge >= 0.3 is 0 Å². The summed E-state index contributed by atoms with van der Waals surface area (Å²) in [7, 11) is 3.34. The van der Waals surface area contributed by atoms with Crippen molar-refractivity contribution in [2.24, 2.45) is 0 Å². The lowest BCUT2D eigenvalue weighted by atomic mass is 10.1. The fourth-order valence-corrected chi connectivity index (χ4v) is 3.72. The zero-order chi connectivity index (χ0) is 23.1. The molecule has 172 valence electrons. The Bertz CT molecular complexity index is 904. The van der Waals surface area contributed by atoms with E-state index in [9.17, 15) is 9.59 Å². The highest BCUT2D eigenvalue weighted by molar-refractivity contribution is 5.94. The highest BCUT2D eigenvalue weighted by atomic mass is 16.5. The summed E-state index contributed by atoms with van der Waals surface area (Å²) in [6.45, 7) is 7.37. The van der Waals surface area contributed by atoms with Crippen molar-refractivity contribution < 1.29 is 19.1 Å². The topological polar surface area (TPSA) is 71.1 Å². The molecule has 0 bridgehead atoms. The van der Waals surface area contributed by atoms with E-state index in [1.165, 1.54) is 10.5 Å². The standard InChI is InChI=1S/C25H33N3O4/c1-18-14-28(15-19(2)32-18)16-21-10-8-20(9-11-21)13-26-25(30)22-6-5-7-23(12-22)31-17-24(29)27(3)4/h5-12,18-19H,13-17H2,1-4H3,(H,26,30). The van der Waals surface area contributed by atoms with E-state index in [4.69, 9.17) is 9.47 Å². The fraction of sp³-hybridized carbons (Fsp3) is 0.440. The van der Waals surface area contributed by atoms with Crippen LogP contribution in [-0.4, -0.2) is 67.6 Å². The van der Waals surface area contributed by atoms with Gasteiger partial charge < -0.3 is 19.7 Å². The first-order valence-corrected chi connectivity index (χ1v) is 11.0. The molecule has 0 aliphatic carbocycles.